The van der Waals surface area contributed by atoms with Gasteiger partial charge in [-0.05, 0) is 74.2 Å². The highest BCUT2D eigenvalue weighted by Gasteiger charge is 2.48. The Morgan fingerprint density at radius 1 is 0.963 bits per heavy atom. The average molecular weight is 765 g/mol. The number of ether oxygens (including phenoxy) is 1. The molecule has 3 aliphatic rings. The summed E-state index contributed by atoms with van der Waals surface area (Å²) in [4.78, 5) is 29.9. The van der Waals surface area contributed by atoms with Crippen molar-refractivity contribution >= 4 is 19.3 Å². The number of esters is 1. The minimum atomic E-state index is -3.94. The lowest BCUT2D eigenvalue weighted by atomic mass is 9.86. The predicted molar refractivity (Wildman–Crippen MR) is 201 cm³/mol. The predicted octanol–water partition coefficient (Wildman–Crippen LogP) is 8.06. The first-order valence-electron chi connectivity index (χ1n) is 18.2. The Balaban J connectivity index is 1.13. The number of dihydropyridines is 1. The first kappa shape index (κ1) is 39.4. The number of carbonyl (C=O) groups is 1. The van der Waals surface area contributed by atoms with Crippen LogP contribution in [0.5, 0.6) is 0 Å². The smallest absolute Gasteiger partial charge is 0.360 e. The Bertz CT molecular complexity index is 1910. The maximum atomic E-state index is 14.4. The Morgan fingerprint density at radius 2 is 1.59 bits per heavy atom. The summed E-state index contributed by atoms with van der Waals surface area (Å²) in [7, 11) is -3.94. The molecule has 11 nitrogen and oxygen atoms in total. The molecule has 288 valence electrons. The number of rotatable bonds is 11. The molecule has 0 spiro atoms. The van der Waals surface area contributed by atoms with Gasteiger partial charge in [-0.2, -0.15) is 0 Å². The lowest BCUT2D eigenvalue weighted by Gasteiger charge is -2.39. The van der Waals surface area contributed by atoms with Crippen molar-refractivity contribution in [3.63, 3.8) is 0 Å². The van der Waals surface area contributed by atoms with Crippen molar-refractivity contribution in [1.82, 2.24) is 15.1 Å². The number of halogens is 2. The highest BCUT2D eigenvalue weighted by atomic mass is 31.2. The first-order valence-corrected chi connectivity index (χ1v) is 19.8. The van der Waals surface area contributed by atoms with Gasteiger partial charge in [0.1, 0.15) is 11.6 Å². The van der Waals surface area contributed by atoms with Crippen LogP contribution in [0.1, 0.15) is 69.2 Å². The van der Waals surface area contributed by atoms with Crippen molar-refractivity contribution in [3.05, 3.63) is 134 Å². The van der Waals surface area contributed by atoms with E-state index in [-0.39, 0.29) is 59.5 Å². The highest BCUT2D eigenvalue weighted by molar-refractivity contribution is 7.58. The van der Waals surface area contributed by atoms with Crippen molar-refractivity contribution in [3.8, 4) is 0 Å². The summed E-state index contributed by atoms with van der Waals surface area (Å²) >= 11 is 0. The fourth-order valence-corrected chi connectivity index (χ4v) is 9.86. The number of hydrogen-bond donors (Lipinski definition) is 1. The van der Waals surface area contributed by atoms with Crippen LogP contribution in [-0.4, -0.2) is 73.2 Å². The lowest BCUT2D eigenvalue weighted by Crippen LogP contribution is -2.35. The molecule has 2 fully saturated rings. The number of allylic oxidation sites excluding steroid dienone is 3. The zero-order chi connectivity index (χ0) is 38.6. The number of non-ortho nitro benzene ring substituents is 1. The van der Waals surface area contributed by atoms with Gasteiger partial charge in [-0.1, -0.05) is 50.2 Å². The minimum absolute atomic E-state index is 0.113. The number of nitrogens with zero attached hydrogens (tertiary/aromatic N) is 3. The summed E-state index contributed by atoms with van der Waals surface area (Å²) in [5, 5.41) is 15.2. The van der Waals surface area contributed by atoms with Gasteiger partial charge in [-0.3, -0.25) is 19.6 Å². The van der Waals surface area contributed by atoms with Crippen LogP contribution in [0.25, 0.3) is 0 Å². The van der Waals surface area contributed by atoms with Crippen LogP contribution in [0.2, 0.25) is 0 Å². The Labute approximate surface area is 314 Å². The number of nitro benzene ring substituents is 1. The average Bonchev–Trinajstić information content (AvgIpc) is 3.38. The van der Waals surface area contributed by atoms with Crippen molar-refractivity contribution in [2.45, 2.75) is 52.5 Å². The molecule has 3 aromatic carbocycles. The van der Waals surface area contributed by atoms with Crippen LogP contribution in [0.4, 0.5) is 14.5 Å². The fraction of sp³-hybridized carbons (Fsp3) is 0.425. The van der Waals surface area contributed by atoms with E-state index in [4.69, 9.17) is 13.8 Å². The first-order chi connectivity index (χ1) is 25.7. The van der Waals surface area contributed by atoms with E-state index in [0.717, 1.165) is 43.7 Å². The normalized spacial score (nSPS) is 20.8. The van der Waals surface area contributed by atoms with Gasteiger partial charge in [0.25, 0.3) is 5.69 Å². The SMILES string of the molecule is CC1=C(C(=O)OCCCN2CCCN(C(c3ccc(F)cc3)c3ccc(F)cc3)CC2)C(c2cccc([N+](=O)[O-])c2)C(P2(=O)OCC(C)(C)CO2)=C(C)N1. The van der Waals surface area contributed by atoms with Crippen molar-refractivity contribution < 1.29 is 36.8 Å². The summed E-state index contributed by atoms with van der Waals surface area (Å²) in [6.45, 7) is 11.5. The van der Waals surface area contributed by atoms with E-state index < -0.39 is 24.4 Å². The van der Waals surface area contributed by atoms with Crippen molar-refractivity contribution in [2.75, 3.05) is 52.5 Å². The van der Waals surface area contributed by atoms with Crippen LogP contribution in [0.15, 0.2) is 95.1 Å². The highest BCUT2D eigenvalue weighted by Crippen LogP contribution is 2.66. The molecule has 0 amide bonds. The van der Waals surface area contributed by atoms with Gasteiger partial charge in [-0.15, -0.1) is 0 Å². The second-order valence-corrected chi connectivity index (χ2v) is 16.9. The molecule has 14 heteroatoms. The molecule has 0 saturated carbocycles. The molecular weight excluding hydrogens is 717 g/mol. The number of carbonyl (C=O) groups excluding carboxylic acids is 1. The molecule has 0 radical (unpaired) electrons. The van der Waals surface area contributed by atoms with Crippen LogP contribution < -0.4 is 5.32 Å². The molecule has 2 saturated heterocycles. The van der Waals surface area contributed by atoms with Gasteiger partial charge in [0.15, 0.2) is 0 Å². The van der Waals surface area contributed by atoms with Gasteiger partial charge in [0.2, 0.25) is 0 Å². The summed E-state index contributed by atoms with van der Waals surface area (Å²) < 4.78 is 59.8. The van der Waals surface area contributed by atoms with Gasteiger partial charge in [-0.25, -0.2) is 13.6 Å². The molecule has 1 N–H and O–H groups in total. The summed E-state index contributed by atoms with van der Waals surface area (Å²) in [6, 6.07) is 18.7. The van der Waals surface area contributed by atoms with Crippen LogP contribution in [-0.2, 0) is 23.1 Å². The maximum Gasteiger partial charge on any atom is 0.360 e. The fourth-order valence-electron chi connectivity index (χ4n) is 7.40. The molecule has 6 rings (SSSR count). The topological polar surface area (TPSA) is 123 Å². The largest absolute Gasteiger partial charge is 0.462 e. The standard InChI is InChI=1S/C40H47F2N4O7P/c1-27-35(36(31-8-5-9-34(24-31)46(48)49)38(28(2)43-27)54(50)52-25-40(3,4)26-53-54)39(47)51-23-7-19-44-18-6-20-45(22-21-44)37(29-10-14-32(41)15-11-29)30-12-16-33(42)17-13-30/h5,8-17,24,36-37,43H,6-7,18-23,25-26H2,1-4H3. The third-order valence-electron chi connectivity index (χ3n) is 10.1. The number of hydrogen-bond acceptors (Lipinski definition) is 10. The zero-order valence-electron chi connectivity index (χ0n) is 31.1. The van der Waals surface area contributed by atoms with Crippen molar-refractivity contribution in [1.29, 1.82) is 0 Å². The molecule has 0 bridgehead atoms. The van der Waals surface area contributed by atoms with E-state index in [1.807, 2.05) is 13.8 Å². The Morgan fingerprint density at radius 3 is 2.20 bits per heavy atom. The van der Waals surface area contributed by atoms with E-state index in [0.29, 0.717) is 29.9 Å². The lowest BCUT2D eigenvalue weighted by molar-refractivity contribution is -0.384. The minimum Gasteiger partial charge on any atom is -0.462 e. The molecular formula is C40H47F2N4O7P. The van der Waals surface area contributed by atoms with E-state index in [2.05, 4.69) is 15.1 Å². The number of nitrogens with one attached hydrogen (secondary N) is 1. The monoisotopic (exact) mass is 764 g/mol. The van der Waals surface area contributed by atoms with E-state index in [1.54, 1.807) is 44.2 Å². The van der Waals surface area contributed by atoms with E-state index in [9.17, 15) is 28.3 Å². The van der Waals surface area contributed by atoms with Crippen LogP contribution in [0, 0.1) is 27.2 Å². The van der Waals surface area contributed by atoms with Crippen molar-refractivity contribution in [2.24, 2.45) is 5.41 Å². The molecule has 54 heavy (non-hydrogen) atoms. The van der Waals surface area contributed by atoms with Gasteiger partial charge >= 0.3 is 13.6 Å². The summed E-state index contributed by atoms with van der Waals surface area (Å²) in [5.74, 6) is -2.24. The Hall–Kier alpha value is -4.26. The second kappa shape index (κ2) is 16.6. The molecule has 0 aliphatic carbocycles. The second-order valence-electron chi connectivity index (χ2n) is 14.9. The molecule has 3 heterocycles. The Kier molecular flexibility index (Phi) is 12.1. The van der Waals surface area contributed by atoms with Crippen LogP contribution in [0.3, 0.4) is 0 Å². The van der Waals surface area contributed by atoms with E-state index >= 15 is 0 Å². The quantitative estimate of drug-likeness (QED) is 0.0675. The van der Waals surface area contributed by atoms with Crippen LogP contribution >= 0.6 is 7.60 Å². The van der Waals surface area contributed by atoms with Gasteiger partial charge in [0, 0.05) is 55.1 Å². The third kappa shape index (κ3) is 8.98. The molecule has 1 unspecified atom stereocenters. The van der Waals surface area contributed by atoms with E-state index in [1.165, 1.54) is 42.5 Å². The summed E-state index contributed by atoms with van der Waals surface area (Å²) in [5.41, 5.74) is 2.85. The summed E-state index contributed by atoms with van der Waals surface area (Å²) in [6.07, 6.45) is 1.42. The molecule has 3 aliphatic heterocycles. The third-order valence-corrected chi connectivity index (χ3v) is 12.2. The zero-order valence-corrected chi connectivity index (χ0v) is 32.0. The van der Waals surface area contributed by atoms with Gasteiger partial charge < -0.3 is 24.0 Å². The maximum absolute atomic E-state index is 14.4. The number of benzene rings is 3. The molecule has 3 aromatic rings. The molecule has 1 atom stereocenters. The van der Waals surface area contributed by atoms with Gasteiger partial charge in [0.05, 0.1) is 47.6 Å². The number of nitro groups is 1. The molecule has 0 aromatic heterocycles.